The molecular formula is C12H26ClN3O. The monoisotopic (exact) mass is 263 g/mol. The van der Waals surface area contributed by atoms with Gasteiger partial charge in [-0.15, -0.1) is 12.4 Å². The zero-order valence-electron chi connectivity index (χ0n) is 11.5. The molecule has 0 aromatic rings. The van der Waals surface area contributed by atoms with Crippen LogP contribution in [0.2, 0.25) is 0 Å². The lowest BCUT2D eigenvalue weighted by Crippen LogP contribution is -2.49. The lowest BCUT2D eigenvalue weighted by Gasteiger charge is -2.31. The second-order valence-corrected chi connectivity index (χ2v) is 5.86. The summed E-state index contributed by atoms with van der Waals surface area (Å²) in [5.41, 5.74) is 0.248. The van der Waals surface area contributed by atoms with Crippen molar-refractivity contribution in [2.45, 2.75) is 20.8 Å². The molecule has 102 valence electrons. The van der Waals surface area contributed by atoms with Crippen molar-refractivity contribution in [1.82, 2.24) is 15.1 Å². The maximum Gasteiger partial charge on any atom is 0.236 e. The minimum absolute atomic E-state index is 0. The number of nitrogens with one attached hydrogen (secondary N) is 1. The quantitative estimate of drug-likeness (QED) is 0.819. The van der Waals surface area contributed by atoms with Crippen LogP contribution in [0, 0.1) is 5.41 Å². The molecule has 1 saturated heterocycles. The fourth-order valence-corrected chi connectivity index (χ4v) is 2.11. The molecule has 17 heavy (non-hydrogen) atoms. The molecule has 0 aromatic heterocycles. The van der Waals surface area contributed by atoms with Gasteiger partial charge in [0.1, 0.15) is 0 Å². The largest absolute Gasteiger partial charge is 0.339 e. The van der Waals surface area contributed by atoms with Crippen LogP contribution in [-0.2, 0) is 4.79 Å². The number of hydrogen-bond donors (Lipinski definition) is 1. The molecule has 0 saturated carbocycles. The Hall–Kier alpha value is -0.320. The number of amides is 1. The van der Waals surface area contributed by atoms with Crippen molar-refractivity contribution < 1.29 is 4.79 Å². The minimum atomic E-state index is 0. The minimum Gasteiger partial charge on any atom is -0.339 e. The first-order chi connectivity index (χ1) is 7.38. The number of carbonyl (C=O) groups excluding carboxylic acids is 1. The molecule has 1 aliphatic rings. The summed E-state index contributed by atoms with van der Waals surface area (Å²) in [5, 5.41) is 3.25. The molecule has 0 aromatic carbocycles. The van der Waals surface area contributed by atoms with Crippen molar-refractivity contribution in [3.8, 4) is 0 Å². The van der Waals surface area contributed by atoms with E-state index in [2.05, 4.69) is 31.0 Å². The Kier molecular flexibility index (Phi) is 7.05. The van der Waals surface area contributed by atoms with E-state index in [1.54, 1.807) is 0 Å². The van der Waals surface area contributed by atoms with Gasteiger partial charge in [0.05, 0.1) is 6.54 Å². The van der Waals surface area contributed by atoms with Crippen molar-refractivity contribution in [2.24, 2.45) is 5.41 Å². The highest BCUT2D eigenvalue weighted by Gasteiger charge is 2.20. The van der Waals surface area contributed by atoms with Gasteiger partial charge in [0.15, 0.2) is 0 Å². The Morgan fingerprint density at radius 1 is 1.29 bits per heavy atom. The maximum absolute atomic E-state index is 12.0. The summed E-state index contributed by atoms with van der Waals surface area (Å²) in [7, 11) is 2.02. The summed E-state index contributed by atoms with van der Waals surface area (Å²) in [5.74, 6) is 0.258. The van der Waals surface area contributed by atoms with Gasteiger partial charge in [-0.2, -0.15) is 0 Å². The van der Waals surface area contributed by atoms with E-state index in [-0.39, 0.29) is 23.7 Å². The number of rotatable bonds is 3. The van der Waals surface area contributed by atoms with E-state index >= 15 is 0 Å². The maximum atomic E-state index is 12.0. The highest BCUT2D eigenvalue weighted by Crippen LogP contribution is 2.13. The Morgan fingerprint density at radius 2 is 1.82 bits per heavy atom. The van der Waals surface area contributed by atoms with E-state index in [1.807, 2.05) is 11.9 Å². The number of likely N-dealkylation sites (N-methyl/N-ethyl adjacent to an activating group) is 1. The molecule has 5 heteroatoms. The predicted octanol–water partition coefficient (Wildman–Crippen LogP) is 0.818. The average Bonchev–Trinajstić information content (AvgIpc) is 2.16. The molecule has 1 rings (SSSR count). The fourth-order valence-electron chi connectivity index (χ4n) is 2.11. The third-order valence-electron chi connectivity index (χ3n) is 2.62. The molecule has 4 nitrogen and oxygen atoms in total. The van der Waals surface area contributed by atoms with Gasteiger partial charge in [-0.1, -0.05) is 20.8 Å². The van der Waals surface area contributed by atoms with Gasteiger partial charge in [0.2, 0.25) is 5.91 Å². The molecule has 1 fully saturated rings. The molecule has 1 N–H and O–H groups in total. The number of carbonyl (C=O) groups is 1. The van der Waals surface area contributed by atoms with Crippen LogP contribution in [-0.4, -0.2) is 62.0 Å². The Labute approximate surface area is 111 Å². The summed E-state index contributed by atoms with van der Waals surface area (Å²) >= 11 is 0. The second-order valence-electron chi connectivity index (χ2n) is 5.86. The fraction of sp³-hybridized carbons (Fsp3) is 0.917. The zero-order chi connectivity index (χ0) is 12.2. The highest BCUT2D eigenvalue weighted by atomic mass is 35.5. The van der Waals surface area contributed by atoms with Crippen LogP contribution in [0.4, 0.5) is 0 Å². The molecule has 0 radical (unpaired) electrons. The van der Waals surface area contributed by atoms with Crippen LogP contribution in [0.3, 0.4) is 0 Å². The lowest BCUT2D eigenvalue weighted by atomic mass is 9.96. The SMILES string of the molecule is CN(CC(=O)N1CCNCC1)CC(C)(C)C.Cl. The van der Waals surface area contributed by atoms with Gasteiger partial charge in [-0.05, 0) is 12.5 Å². The van der Waals surface area contributed by atoms with Crippen LogP contribution in [0.5, 0.6) is 0 Å². The number of piperazine rings is 1. The second kappa shape index (κ2) is 7.19. The number of hydrogen-bond acceptors (Lipinski definition) is 3. The van der Waals surface area contributed by atoms with Crippen molar-refractivity contribution in [2.75, 3.05) is 46.3 Å². The molecule has 0 atom stereocenters. The summed E-state index contributed by atoms with van der Waals surface area (Å²) in [6.45, 7) is 11.6. The van der Waals surface area contributed by atoms with Crippen LogP contribution in [0.25, 0.3) is 0 Å². The average molecular weight is 264 g/mol. The normalized spacial score (nSPS) is 16.9. The van der Waals surface area contributed by atoms with E-state index in [0.717, 1.165) is 32.7 Å². The number of halogens is 1. The van der Waals surface area contributed by atoms with Gasteiger partial charge < -0.3 is 10.2 Å². The molecule has 1 amide bonds. The molecule has 0 aliphatic carbocycles. The Morgan fingerprint density at radius 3 is 2.29 bits per heavy atom. The molecule has 0 unspecified atom stereocenters. The predicted molar refractivity (Wildman–Crippen MR) is 73.6 cm³/mol. The standard InChI is InChI=1S/C12H25N3O.ClH/c1-12(2,3)10-14(4)9-11(16)15-7-5-13-6-8-15;/h13H,5-10H2,1-4H3;1H. The molecule has 0 spiro atoms. The van der Waals surface area contributed by atoms with Crippen molar-refractivity contribution in [3.05, 3.63) is 0 Å². The van der Waals surface area contributed by atoms with E-state index in [1.165, 1.54) is 0 Å². The first kappa shape index (κ1) is 16.7. The van der Waals surface area contributed by atoms with E-state index < -0.39 is 0 Å². The first-order valence-corrected chi connectivity index (χ1v) is 6.05. The van der Waals surface area contributed by atoms with Crippen molar-refractivity contribution in [1.29, 1.82) is 0 Å². The third-order valence-corrected chi connectivity index (χ3v) is 2.62. The molecule has 1 heterocycles. The summed E-state index contributed by atoms with van der Waals surface area (Å²) in [4.78, 5) is 16.0. The lowest BCUT2D eigenvalue weighted by molar-refractivity contribution is -0.132. The Bertz CT molecular complexity index is 234. The summed E-state index contributed by atoms with van der Waals surface area (Å²) in [6.07, 6.45) is 0. The van der Waals surface area contributed by atoms with Crippen molar-refractivity contribution >= 4 is 18.3 Å². The zero-order valence-corrected chi connectivity index (χ0v) is 12.3. The van der Waals surface area contributed by atoms with E-state index in [4.69, 9.17) is 0 Å². The summed E-state index contributed by atoms with van der Waals surface area (Å²) in [6, 6.07) is 0. The first-order valence-electron chi connectivity index (χ1n) is 6.05. The molecule has 0 bridgehead atoms. The van der Waals surface area contributed by atoms with Gasteiger partial charge in [0, 0.05) is 32.7 Å². The smallest absolute Gasteiger partial charge is 0.236 e. The van der Waals surface area contributed by atoms with Gasteiger partial charge in [0.25, 0.3) is 0 Å². The van der Waals surface area contributed by atoms with Gasteiger partial charge >= 0.3 is 0 Å². The molecule has 1 aliphatic heterocycles. The summed E-state index contributed by atoms with van der Waals surface area (Å²) < 4.78 is 0. The third kappa shape index (κ3) is 6.86. The van der Waals surface area contributed by atoms with Crippen LogP contribution in [0.1, 0.15) is 20.8 Å². The Balaban J connectivity index is 0.00000256. The van der Waals surface area contributed by atoms with Crippen LogP contribution < -0.4 is 5.32 Å². The van der Waals surface area contributed by atoms with Gasteiger partial charge in [-0.3, -0.25) is 9.69 Å². The van der Waals surface area contributed by atoms with E-state index in [9.17, 15) is 4.79 Å². The topological polar surface area (TPSA) is 35.6 Å². The van der Waals surface area contributed by atoms with E-state index in [0.29, 0.717) is 6.54 Å². The molecular weight excluding hydrogens is 238 g/mol. The number of nitrogens with zero attached hydrogens (tertiary/aromatic N) is 2. The van der Waals surface area contributed by atoms with Crippen LogP contribution in [0.15, 0.2) is 0 Å². The van der Waals surface area contributed by atoms with Gasteiger partial charge in [-0.25, -0.2) is 0 Å². The highest BCUT2D eigenvalue weighted by molar-refractivity contribution is 5.85. The van der Waals surface area contributed by atoms with Crippen molar-refractivity contribution in [3.63, 3.8) is 0 Å². The van der Waals surface area contributed by atoms with Crippen LogP contribution >= 0.6 is 12.4 Å².